The van der Waals surface area contributed by atoms with E-state index in [0.717, 1.165) is 27.0 Å². The lowest BCUT2D eigenvalue weighted by Crippen LogP contribution is -2.15. The van der Waals surface area contributed by atoms with E-state index in [1.807, 2.05) is 72.2 Å². The topological polar surface area (TPSA) is 72.7 Å². The van der Waals surface area contributed by atoms with Crippen LogP contribution in [-0.2, 0) is 4.79 Å². The Morgan fingerprint density at radius 1 is 1.07 bits per heavy atom. The quantitative estimate of drug-likeness (QED) is 0.388. The normalized spacial score (nSPS) is 10.7. The molecule has 30 heavy (non-hydrogen) atoms. The van der Waals surface area contributed by atoms with Crippen molar-refractivity contribution in [2.75, 3.05) is 11.1 Å². The molecule has 0 saturated heterocycles. The summed E-state index contributed by atoms with van der Waals surface area (Å²) >= 11 is 4.78. The van der Waals surface area contributed by atoms with E-state index in [0.29, 0.717) is 11.0 Å². The summed E-state index contributed by atoms with van der Waals surface area (Å²) in [7, 11) is 0. The zero-order valence-corrected chi connectivity index (χ0v) is 18.5. The third kappa shape index (κ3) is 4.60. The Hall–Kier alpha value is -2.97. The number of thioether (sulfide) groups is 1. The van der Waals surface area contributed by atoms with E-state index >= 15 is 0 Å². The van der Waals surface area contributed by atoms with Gasteiger partial charge in [-0.2, -0.15) is 0 Å². The number of amides is 1. The number of nitrogens with zero attached hydrogens (tertiary/aromatic N) is 4. The first-order valence-electron chi connectivity index (χ1n) is 9.22. The van der Waals surface area contributed by atoms with Gasteiger partial charge in [0.15, 0.2) is 11.0 Å². The first-order valence-corrected chi connectivity index (χ1v) is 11.0. The Bertz CT molecular complexity index is 1160. The van der Waals surface area contributed by atoms with Gasteiger partial charge in [-0.05, 0) is 55.0 Å². The molecule has 0 unspecified atom stereocenters. The van der Waals surface area contributed by atoms with Crippen molar-refractivity contribution < 1.29 is 4.79 Å². The van der Waals surface area contributed by atoms with Crippen molar-refractivity contribution in [1.82, 2.24) is 19.7 Å². The minimum absolute atomic E-state index is 0.0986. The molecule has 4 rings (SSSR count). The minimum atomic E-state index is -0.0986. The maximum Gasteiger partial charge on any atom is 0.234 e. The maximum absolute atomic E-state index is 12.5. The molecule has 0 saturated carbocycles. The number of nitrogens with one attached hydrogen (secondary N) is 1. The SMILES string of the molecule is Cc1cc(Br)ccc1NC(=O)CSc1nnc(-c2ccncc2)n1-c1ccccc1. The molecule has 1 amide bonds. The largest absolute Gasteiger partial charge is 0.325 e. The van der Waals surface area contributed by atoms with Crippen LogP contribution < -0.4 is 5.32 Å². The highest BCUT2D eigenvalue weighted by molar-refractivity contribution is 9.10. The van der Waals surface area contributed by atoms with Crippen molar-refractivity contribution in [3.8, 4) is 17.1 Å². The van der Waals surface area contributed by atoms with Gasteiger partial charge in [0.1, 0.15) is 0 Å². The molecule has 0 aliphatic rings. The Balaban J connectivity index is 1.57. The zero-order chi connectivity index (χ0) is 20.9. The molecule has 2 aromatic carbocycles. The van der Waals surface area contributed by atoms with Gasteiger partial charge in [0.2, 0.25) is 5.91 Å². The molecule has 0 fully saturated rings. The lowest BCUT2D eigenvalue weighted by molar-refractivity contribution is -0.113. The van der Waals surface area contributed by atoms with Crippen molar-refractivity contribution in [3.05, 3.63) is 83.1 Å². The van der Waals surface area contributed by atoms with Crippen LogP contribution in [0, 0.1) is 6.92 Å². The van der Waals surface area contributed by atoms with Gasteiger partial charge in [0.25, 0.3) is 0 Å². The van der Waals surface area contributed by atoms with Crippen LogP contribution in [0.4, 0.5) is 5.69 Å². The lowest BCUT2D eigenvalue weighted by atomic mass is 10.2. The van der Waals surface area contributed by atoms with Crippen LogP contribution in [0.2, 0.25) is 0 Å². The highest BCUT2D eigenvalue weighted by atomic mass is 79.9. The first kappa shape index (κ1) is 20.3. The van der Waals surface area contributed by atoms with Gasteiger partial charge in [0.05, 0.1) is 5.75 Å². The number of hydrogen-bond acceptors (Lipinski definition) is 5. The molecule has 0 aliphatic heterocycles. The number of hydrogen-bond donors (Lipinski definition) is 1. The van der Waals surface area contributed by atoms with Crippen LogP contribution in [0.1, 0.15) is 5.56 Å². The second kappa shape index (κ2) is 9.23. The number of aryl methyl sites for hydroxylation is 1. The third-order valence-corrected chi connectivity index (χ3v) is 5.80. The Morgan fingerprint density at radius 2 is 1.83 bits per heavy atom. The molecule has 2 aromatic heterocycles. The van der Waals surface area contributed by atoms with Crippen LogP contribution in [-0.4, -0.2) is 31.4 Å². The molecule has 0 aliphatic carbocycles. The van der Waals surface area contributed by atoms with E-state index in [1.54, 1.807) is 12.4 Å². The van der Waals surface area contributed by atoms with Crippen LogP contribution >= 0.6 is 27.7 Å². The number of carbonyl (C=O) groups is 1. The molecule has 150 valence electrons. The average molecular weight is 480 g/mol. The van der Waals surface area contributed by atoms with Crippen molar-refractivity contribution in [3.63, 3.8) is 0 Å². The number of anilines is 1. The Labute approximate surface area is 186 Å². The van der Waals surface area contributed by atoms with Crippen LogP contribution in [0.25, 0.3) is 17.1 Å². The summed E-state index contributed by atoms with van der Waals surface area (Å²) in [5.74, 6) is 0.824. The number of para-hydroxylation sites is 1. The summed E-state index contributed by atoms with van der Waals surface area (Å²) in [5, 5.41) is 12.3. The monoisotopic (exact) mass is 479 g/mol. The summed E-state index contributed by atoms with van der Waals surface area (Å²) in [6, 6.07) is 19.4. The fourth-order valence-electron chi connectivity index (χ4n) is 2.94. The zero-order valence-electron chi connectivity index (χ0n) is 16.1. The maximum atomic E-state index is 12.5. The predicted octanol–water partition coefficient (Wildman–Crippen LogP) is 5.13. The fourth-order valence-corrected chi connectivity index (χ4v) is 4.17. The number of benzene rings is 2. The van der Waals surface area contributed by atoms with E-state index in [9.17, 15) is 4.79 Å². The molecule has 0 bridgehead atoms. The first-order chi connectivity index (χ1) is 14.6. The van der Waals surface area contributed by atoms with Gasteiger partial charge in [-0.15, -0.1) is 10.2 Å². The molecule has 4 aromatic rings. The van der Waals surface area contributed by atoms with Gasteiger partial charge >= 0.3 is 0 Å². The van der Waals surface area contributed by atoms with E-state index in [2.05, 4.69) is 36.4 Å². The Kier molecular flexibility index (Phi) is 6.25. The summed E-state index contributed by atoms with van der Waals surface area (Å²) in [5.41, 5.74) is 3.63. The highest BCUT2D eigenvalue weighted by Crippen LogP contribution is 2.28. The molecule has 0 radical (unpaired) electrons. The van der Waals surface area contributed by atoms with E-state index in [4.69, 9.17) is 0 Å². The highest BCUT2D eigenvalue weighted by Gasteiger charge is 2.17. The molecule has 0 spiro atoms. The van der Waals surface area contributed by atoms with E-state index in [-0.39, 0.29) is 11.7 Å². The van der Waals surface area contributed by atoms with Crippen molar-refractivity contribution in [2.24, 2.45) is 0 Å². The molecule has 2 heterocycles. The number of rotatable bonds is 6. The average Bonchev–Trinajstić information content (AvgIpc) is 3.19. The van der Waals surface area contributed by atoms with Gasteiger partial charge in [-0.3, -0.25) is 14.3 Å². The second-order valence-corrected chi connectivity index (χ2v) is 8.37. The lowest BCUT2D eigenvalue weighted by Gasteiger charge is -2.11. The van der Waals surface area contributed by atoms with E-state index in [1.165, 1.54) is 11.8 Å². The standard InChI is InChI=1S/C22H18BrN5OS/c1-15-13-17(23)7-8-19(15)25-20(29)14-30-22-27-26-21(16-9-11-24-12-10-16)28(22)18-5-3-2-4-6-18/h2-13H,14H2,1H3,(H,25,29). The summed E-state index contributed by atoms with van der Waals surface area (Å²) < 4.78 is 2.94. The van der Waals surface area contributed by atoms with Crippen molar-refractivity contribution >= 4 is 39.3 Å². The molecule has 6 nitrogen and oxygen atoms in total. The van der Waals surface area contributed by atoms with Crippen molar-refractivity contribution in [2.45, 2.75) is 12.1 Å². The van der Waals surface area contributed by atoms with Crippen molar-refractivity contribution in [1.29, 1.82) is 0 Å². The van der Waals surface area contributed by atoms with E-state index < -0.39 is 0 Å². The van der Waals surface area contributed by atoms with Gasteiger partial charge in [-0.1, -0.05) is 45.9 Å². The molecular formula is C22H18BrN5OS. The third-order valence-electron chi connectivity index (χ3n) is 4.38. The predicted molar refractivity (Wildman–Crippen MR) is 123 cm³/mol. The number of carbonyl (C=O) groups excluding carboxylic acids is 1. The molecular weight excluding hydrogens is 462 g/mol. The van der Waals surface area contributed by atoms with Crippen LogP contribution in [0.5, 0.6) is 0 Å². The smallest absolute Gasteiger partial charge is 0.234 e. The number of aromatic nitrogens is 4. The second-order valence-electron chi connectivity index (χ2n) is 6.51. The van der Waals surface area contributed by atoms with Gasteiger partial charge in [0, 0.05) is 33.8 Å². The molecule has 1 N–H and O–H groups in total. The number of pyridine rings is 1. The van der Waals surface area contributed by atoms with Crippen LogP contribution in [0.15, 0.2) is 82.7 Å². The minimum Gasteiger partial charge on any atom is -0.325 e. The summed E-state index contributed by atoms with van der Waals surface area (Å²) in [6.45, 7) is 1.96. The summed E-state index contributed by atoms with van der Waals surface area (Å²) in [4.78, 5) is 16.6. The fraction of sp³-hybridized carbons (Fsp3) is 0.0909. The van der Waals surface area contributed by atoms with Crippen LogP contribution in [0.3, 0.4) is 0 Å². The van der Waals surface area contributed by atoms with Gasteiger partial charge in [-0.25, -0.2) is 0 Å². The summed E-state index contributed by atoms with van der Waals surface area (Å²) in [6.07, 6.45) is 3.44. The molecule has 0 atom stereocenters. The van der Waals surface area contributed by atoms with Gasteiger partial charge < -0.3 is 5.32 Å². The Morgan fingerprint density at radius 3 is 2.57 bits per heavy atom. The molecule has 8 heteroatoms. The number of halogens is 1.